The average molecular weight is 399 g/mol. The van der Waals surface area contributed by atoms with Crippen molar-refractivity contribution in [3.63, 3.8) is 0 Å². The van der Waals surface area contributed by atoms with Crippen LogP contribution >= 0.6 is 11.6 Å². The van der Waals surface area contributed by atoms with E-state index in [9.17, 15) is 0 Å². The van der Waals surface area contributed by atoms with Gasteiger partial charge < -0.3 is 5.32 Å². The summed E-state index contributed by atoms with van der Waals surface area (Å²) in [4.78, 5) is 4.68. The van der Waals surface area contributed by atoms with E-state index < -0.39 is 0 Å². The number of nitrogens with one attached hydrogen (secondary N) is 1. The van der Waals surface area contributed by atoms with Crippen molar-refractivity contribution in [2.75, 3.05) is 0 Å². The van der Waals surface area contributed by atoms with Crippen molar-refractivity contribution >= 4 is 11.6 Å². The molecule has 0 amide bonds. The van der Waals surface area contributed by atoms with Crippen LogP contribution in [0.3, 0.4) is 0 Å². The zero-order valence-corrected chi connectivity index (χ0v) is 17.7. The topological polar surface area (TPSA) is 60.6 Å². The number of rotatable bonds is 5. The summed E-state index contributed by atoms with van der Waals surface area (Å²) >= 11 is 6.01. The Bertz CT molecular complexity index is 970. The van der Waals surface area contributed by atoms with Gasteiger partial charge in [-0.1, -0.05) is 25.4 Å². The monoisotopic (exact) mass is 398 g/mol. The van der Waals surface area contributed by atoms with Gasteiger partial charge in [-0.05, 0) is 44.5 Å². The van der Waals surface area contributed by atoms with Gasteiger partial charge in [-0.3, -0.25) is 0 Å². The Kier molecular flexibility index (Phi) is 5.25. The first-order chi connectivity index (χ1) is 13.4. The van der Waals surface area contributed by atoms with Gasteiger partial charge in [0.05, 0.1) is 17.9 Å². The van der Waals surface area contributed by atoms with Gasteiger partial charge in [-0.15, -0.1) is 0 Å². The third kappa shape index (κ3) is 3.71. The van der Waals surface area contributed by atoms with Crippen molar-refractivity contribution in [2.24, 2.45) is 0 Å². The minimum Gasteiger partial charge on any atom is -0.308 e. The van der Waals surface area contributed by atoms with E-state index in [-0.39, 0.29) is 0 Å². The molecule has 148 valence electrons. The molecular weight excluding hydrogens is 372 g/mol. The number of hydrogen-bond donors (Lipinski definition) is 1. The molecule has 0 fully saturated rings. The van der Waals surface area contributed by atoms with Gasteiger partial charge in [-0.25, -0.2) is 14.3 Å². The molecule has 0 saturated heterocycles. The van der Waals surface area contributed by atoms with Crippen LogP contribution in [0.4, 0.5) is 0 Å². The summed E-state index contributed by atoms with van der Waals surface area (Å²) in [7, 11) is 0. The van der Waals surface area contributed by atoms with Crippen molar-refractivity contribution in [3.8, 4) is 5.69 Å². The highest BCUT2D eigenvalue weighted by molar-refractivity contribution is 6.30. The summed E-state index contributed by atoms with van der Waals surface area (Å²) in [6.07, 6.45) is 2.05. The van der Waals surface area contributed by atoms with E-state index in [1.165, 1.54) is 5.56 Å². The van der Waals surface area contributed by atoms with E-state index in [1.807, 2.05) is 28.9 Å². The zero-order valence-electron chi connectivity index (χ0n) is 16.9. The van der Waals surface area contributed by atoms with Gasteiger partial charge in [0.15, 0.2) is 5.82 Å². The van der Waals surface area contributed by atoms with Crippen LogP contribution in [-0.2, 0) is 19.5 Å². The lowest BCUT2D eigenvalue weighted by Gasteiger charge is -2.23. The fraction of sp³-hybridized carbons (Fsp3) is 0.476. The van der Waals surface area contributed by atoms with Gasteiger partial charge in [0.1, 0.15) is 5.82 Å². The largest absolute Gasteiger partial charge is 0.308 e. The Morgan fingerprint density at radius 2 is 1.93 bits per heavy atom. The molecule has 3 heterocycles. The Morgan fingerprint density at radius 3 is 2.64 bits per heavy atom. The number of nitrogens with zero attached hydrogens (tertiary/aromatic N) is 5. The maximum Gasteiger partial charge on any atom is 0.153 e. The van der Waals surface area contributed by atoms with Crippen LogP contribution in [0.5, 0.6) is 0 Å². The Labute approximate surface area is 170 Å². The summed E-state index contributed by atoms with van der Waals surface area (Å²) in [5.41, 5.74) is 4.50. The number of benzene rings is 1. The van der Waals surface area contributed by atoms with Gasteiger partial charge in [0.2, 0.25) is 0 Å². The van der Waals surface area contributed by atoms with Crippen LogP contribution in [0, 0.1) is 13.8 Å². The first-order valence-electron chi connectivity index (χ1n) is 9.90. The van der Waals surface area contributed by atoms with Crippen LogP contribution in [0.2, 0.25) is 5.02 Å². The first-order valence-corrected chi connectivity index (χ1v) is 10.3. The van der Waals surface area contributed by atoms with Gasteiger partial charge in [0, 0.05) is 41.2 Å². The van der Waals surface area contributed by atoms with Crippen molar-refractivity contribution < 1.29 is 0 Å². The quantitative estimate of drug-likeness (QED) is 0.706. The molecule has 1 N–H and O–H groups in total. The number of halogens is 1. The summed E-state index contributed by atoms with van der Waals surface area (Å²) in [6, 6.07) is 8.19. The smallest absolute Gasteiger partial charge is 0.153 e. The van der Waals surface area contributed by atoms with E-state index in [4.69, 9.17) is 16.7 Å². The van der Waals surface area contributed by atoms with E-state index >= 15 is 0 Å². The molecule has 1 atom stereocenters. The third-order valence-corrected chi connectivity index (χ3v) is 5.72. The fourth-order valence-electron chi connectivity index (χ4n) is 3.75. The second kappa shape index (κ2) is 7.68. The van der Waals surface area contributed by atoms with E-state index in [0.717, 1.165) is 59.7 Å². The lowest BCUT2D eigenvalue weighted by atomic mass is 10.1. The lowest BCUT2D eigenvalue weighted by Crippen LogP contribution is -2.37. The average Bonchev–Trinajstić information content (AvgIpc) is 3.22. The van der Waals surface area contributed by atoms with Crippen LogP contribution in [-0.4, -0.2) is 30.6 Å². The molecule has 1 aliphatic heterocycles. The van der Waals surface area contributed by atoms with Crippen LogP contribution < -0.4 is 5.32 Å². The Hall–Kier alpha value is -2.18. The fourth-order valence-corrected chi connectivity index (χ4v) is 3.88. The van der Waals surface area contributed by atoms with Crippen molar-refractivity contribution in [3.05, 3.63) is 57.9 Å². The molecule has 1 aliphatic rings. The molecule has 0 aliphatic carbocycles. The SMILES string of the molecule is Cc1nn(-c2ccc(Cl)cc2)c(C)c1CNC1CCc2nc(C(C)C)nn2C1. The molecule has 28 heavy (non-hydrogen) atoms. The van der Waals surface area contributed by atoms with Gasteiger partial charge in [0.25, 0.3) is 0 Å². The van der Waals surface area contributed by atoms with E-state index in [1.54, 1.807) is 0 Å². The van der Waals surface area contributed by atoms with Gasteiger partial charge in [-0.2, -0.15) is 10.2 Å². The summed E-state index contributed by atoms with van der Waals surface area (Å²) in [5, 5.41) is 13.9. The molecule has 1 aromatic carbocycles. The summed E-state index contributed by atoms with van der Waals surface area (Å²) < 4.78 is 4.07. The molecule has 6 nitrogen and oxygen atoms in total. The molecule has 0 spiro atoms. The zero-order chi connectivity index (χ0) is 19.8. The number of aryl methyl sites for hydroxylation is 2. The lowest BCUT2D eigenvalue weighted by molar-refractivity contribution is 0.357. The second-order valence-corrected chi connectivity index (χ2v) is 8.31. The molecule has 0 saturated carbocycles. The Morgan fingerprint density at radius 1 is 1.18 bits per heavy atom. The predicted octanol–water partition coefficient (Wildman–Crippen LogP) is 3.96. The second-order valence-electron chi connectivity index (χ2n) is 7.88. The summed E-state index contributed by atoms with van der Waals surface area (Å²) in [6.45, 7) is 10.1. The first kappa shape index (κ1) is 19.2. The van der Waals surface area contributed by atoms with E-state index in [2.05, 4.69) is 47.8 Å². The predicted molar refractivity (Wildman–Crippen MR) is 111 cm³/mol. The van der Waals surface area contributed by atoms with Crippen LogP contribution in [0.15, 0.2) is 24.3 Å². The molecule has 7 heteroatoms. The molecule has 0 bridgehead atoms. The highest BCUT2D eigenvalue weighted by Gasteiger charge is 2.23. The minimum absolute atomic E-state index is 0.369. The number of aromatic nitrogens is 5. The highest BCUT2D eigenvalue weighted by Crippen LogP contribution is 2.21. The maximum absolute atomic E-state index is 6.01. The van der Waals surface area contributed by atoms with Crippen molar-refractivity contribution in [1.82, 2.24) is 29.9 Å². The number of hydrogen-bond acceptors (Lipinski definition) is 4. The molecule has 3 aromatic rings. The standard InChI is InChI=1S/C21H27ClN6/c1-13(2)21-24-20-10-7-17(12-27(20)26-21)23-11-19-14(3)25-28(15(19)4)18-8-5-16(22)6-9-18/h5-6,8-9,13,17,23H,7,10-12H2,1-4H3. The minimum atomic E-state index is 0.369. The van der Waals surface area contributed by atoms with Crippen LogP contribution in [0.1, 0.15) is 54.8 Å². The molecule has 2 aromatic heterocycles. The normalized spacial score (nSPS) is 16.6. The van der Waals surface area contributed by atoms with Crippen LogP contribution in [0.25, 0.3) is 5.69 Å². The molecule has 0 radical (unpaired) electrons. The molecule has 1 unspecified atom stereocenters. The third-order valence-electron chi connectivity index (χ3n) is 5.47. The van der Waals surface area contributed by atoms with Gasteiger partial charge >= 0.3 is 0 Å². The van der Waals surface area contributed by atoms with E-state index in [0.29, 0.717) is 12.0 Å². The van der Waals surface area contributed by atoms with Crippen molar-refractivity contribution in [1.29, 1.82) is 0 Å². The summed E-state index contributed by atoms with van der Waals surface area (Å²) in [5.74, 6) is 2.43. The highest BCUT2D eigenvalue weighted by atomic mass is 35.5. The maximum atomic E-state index is 6.01. The Balaban J connectivity index is 1.46. The molecular formula is C21H27ClN6. The van der Waals surface area contributed by atoms with Crippen molar-refractivity contribution in [2.45, 2.75) is 65.6 Å². The molecule has 4 rings (SSSR count). The number of fused-ring (bicyclic) bond motifs is 1.